The number of rotatable bonds is 6. The number of hydrogen-bond acceptors (Lipinski definition) is 2. The number of anilines is 3. The van der Waals surface area contributed by atoms with Crippen LogP contribution in [0.1, 0.15) is 0 Å². The van der Waals surface area contributed by atoms with Crippen molar-refractivity contribution < 1.29 is 0 Å². The molecule has 0 fully saturated rings. The van der Waals surface area contributed by atoms with Crippen LogP contribution in [0.4, 0.5) is 17.1 Å². The molecule has 0 atom stereocenters. The van der Waals surface area contributed by atoms with Gasteiger partial charge in [0.2, 0.25) is 0 Å². The molecule has 2 heteroatoms. The molecule has 10 rings (SSSR count). The summed E-state index contributed by atoms with van der Waals surface area (Å²) in [5.41, 5.74) is 10.5. The Hall–Kier alpha value is -6.48. The molecule has 10 aromatic rings. The van der Waals surface area contributed by atoms with Crippen LogP contribution in [0.3, 0.4) is 0 Å². The molecule has 0 saturated carbocycles. The molecule has 0 aliphatic rings. The average molecular weight is 680 g/mol. The highest BCUT2D eigenvalue weighted by Crippen LogP contribution is 2.47. The van der Waals surface area contributed by atoms with Crippen molar-refractivity contribution in [2.75, 3.05) is 4.90 Å². The summed E-state index contributed by atoms with van der Waals surface area (Å²) < 4.78 is 2.64. The van der Waals surface area contributed by atoms with Crippen LogP contribution in [0.25, 0.3) is 75.1 Å². The van der Waals surface area contributed by atoms with Gasteiger partial charge in [0.05, 0.1) is 11.4 Å². The Labute approximate surface area is 307 Å². The topological polar surface area (TPSA) is 3.24 Å². The van der Waals surface area contributed by atoms with Crippen LogP contribution in [0.5, 0.6) is 0 Å². The number of thiophene rings is 1. The first-order valence-electron chi connectivity index (χ1n) is 17.8. The fourth-order valence-electron chi connectivity index (χ4n) is 7.66. The molecular formula is C50H33NS. The first-order chi connectivity index (χ1) is 25.8. The van der Waals surface area contributed by atoms with E-state index in [9.17, 15) is 0 Å². The van der Waals surface area contributed by atoms with E-state index in [0.717, 1.165) is 17.1 Å². The lowest BCUT2D eigenvalue weighted by molar-refractivity contribution is 1.29. The van der Waals surface area contributed by atoms with Crippen LogP contribution in [0.2, 0.25) is 0 Å². The highest BCUT2D eigenvalue weighted by atomic mass is 32.1. The van der Waals surface area contributed by atoms with E-state index < -0.39 is 0 Å². The zero-order valence-corrected chi connectivity index (χ0v) is 29.2. The van der Waals surface area contributed by atoms with E-state index in [1.165, 1.54) is 75.1 Å². The summed E-state index contributed by atoms with van der Waals surface area (Å²) in [4.78, 5) is 2.45. The van der Waals surface area contributed by atoms with Crippen molar-refractivity contribution in [2.45, 2.75) is 0 Å². The Bertz CT molecular complexity index is 2910. The largest absolute Gasteiger partial charge is 0.309 e. The predicted molar refractivity (Wildman–Crippen MR) is 225 cm³/mol. The Balaban J connectivity index is 1.20. The Kier molecular flexibility index (Phi) is 7.41. The van der Waals surface area contributed by atoms with Gasteiger partial charge in [0.15, 0.2) is 0 Å². The van der Waals surface area contributed by atoms with Gasteiger partial charge in [0.1, 0.15) is 0 Å². The van der Waals surface area contributed by atoms with Gasteiger partial charge in [-0.15, -0.1) is 11.3 Å². The minimum absolute atomic E-state index is 1.12. The fourth-order valence-corrected chi connectivity index (χ4v) is 8.77. The van der Waals surface area contributed by atoms with Gasteiger partial charge in [-0.05, 0) is 98.4 Å². The summed E-state index contributed by atoms with van der Waals surface area (Å²) in [6, 6.07) is 73.1. The highest BCUT2D eigenvalue weighted by Gasteiger charge is 2.21. The summed E-state index contributed by atoms with van der Waals surface area (Å²) >= 11 is 1.88. The molecule has 0 radical (unpaired) electrons. The van der Waals surface area contributed by atoms with Gasteiger partial charge < -0.3 is 4.90 Å². The van der Waals surface area contributed by atoms with Crippen LogP contribution in [-0.2, 0) is 0 Å². The van der Waals surface area contributed by atoms with Crippen LogP contribution in [0.15, 0.2) is 200 Å². The second kappa shape index (κ2) is 12.7. The van der Waals surface area contributed by atoms with E-state index >= 15 is 0 Å². The molecule has 0 unspecified atom stereocenters. The predicted octanol–water partition coefficient (Wildman–Crippen LogP) is 14.8. The van der Waals surface area contributed by atoms with E-state index in [1.54, 1.807) is 0 Å². The summed E-state index contributed by atoms with van der Waals surface area (Å²) in [5.74, 6) is 0. The fraction of sp³-hybridized carbons (Fsp3) is 0. The zero-order valence-electron chi connectivity index (χ0n) is 28.4. The summed E-state index contributed by atoms with van der Waals surface area (Å²) in [5, 5.41) is 7.63. The molecule has 244 valence electrons. The first-order valence-corrected chi connectivity index (χ1v) is 18.6. The molecule has 1 aromatic heterocycles. The Morgan fingerprint density at radius 2 is 0.865 bits per heavy atom. The summed E-state index contributed by atoms with van der Waals surface area (Å²) in [6.07, 6.45) is 0. The van der Waals surface area contributed by atoms with Gasteiger partial charge in [-0.3, -0.25) is 0 Å². The molecule has 9 aromatic carbocycles. The third-order valence-corrected chi connectivity index (χ3v) is 11.3. The standard InChI is InChI=1S/C50H33NS/c1-3-14-35(15-4-1)43-21-11-12-22-47(43)51(42-26-23-34-13-7-8-18-37(34)29-42)48-27-24-40(30-44(48)36-16-5-2-6-17-36)41-25-28-49-45(32-41)46-31-38-19-9-10-20-39(38)33-50(46)52-49/h1-33H. The van der Waals surface area contributed by atoms with Crippen molar-refractivity contribution in [3.05, 3.63) is 200 Å². The van der Waals surface area contributed by atoms with Crippen molar-refractivity contribution in [2.24, 2.45) is 0 Å². The van der Waals surface area contributed by atoms with Gasteiger partial charge in [-0.2, -0.15) is 0 Å². The van der Waals surface area contributed by atoms with E-state index in [-0.39, 0.29) is 0 Å². The quantitative estimate of drug-likeness (QED) is 0.169. The van der Waals surface area contributed by atoms with Crippen LogP contribution >= 0.6 is 11.3 Å². The van der Waals surface area contributed by atoms with Gasteiger partial charge in [0, 0.05) is 37.0 Å². The maximum atomic E-state index is 2.45. The zero-order chi connectivity index (χ0) is 34.4. The number of hydrogen-bond donors (Lipinski definition) is 0. The number of para-hydroxylation sites is 1. The summed E-state index contributed by atoms with van der Waals surface area (Å²) in [6.45, 7) is 0. The molecule has 1 heterocycles. The van der Waals surface area contributed by atoms with Gasteiger partial charge in [-0.1, -0.05) is 146 Å². The molecule has 1 nitrogen and oxygen atoms in total. The van der Waals surface area contributed by atoms with Crippen molar-refractivity contribution in [3.63, 3.8) is 0 Å². The molecule has 0 spiro atoms. The van der Waals surface area contributed by atoms with Crippen LogP contribution in [-0.4, -0.2) is 0 Å². The number of benzene rings is 9. The third-order valence-electron chi connectivity index (χ3n) is 10.2. The number of fused-ring (bicyclic) bond motifs is 5. The second-order valence-electron chi connectivity index (χ2n) is 13.4. The molecule has 0 aliphatic carbocycles. The maximum absolute atomic E-state index is 2.45. The second-order valence-corrected chi connectivity index (χ2v) is 14.4. The minimum Gasteiger partial charge on any atom is -0.309 e. The SMILES string of the molecule is c1ccc(-c2ccccc2N(c2ccc3ccccc3c2)c2ccc(-c3ccc4sc5cc6ccccc6cc5c4c3)cc2-c2ccccc2)cc1. The molecule has 0 saturated heterocycles. The van der Waals surface area contributed by atoms with Crippen molar-refractivity contribution in [3.8, 4) is 33.4 Å². The van der Waals surface area contributed by atoms with E-state index in [2.05, 4.69) is 205 Å². The highest BCUT2D eigenvalue weighted by molar-refractivity contribution is 7.25. The van der Waals surface area contributed by atoms with Crippen LogP contribution < -0.4 is 4.90 Å². The van der Waals surface area contributed by atoms with Gasteiger partial charge in [-0.25, -0.2) is 0 Å². The Morgan fingerprint density at radius 3 is 1.63 bits per heavy atom. The normalized spacial score (nSPS) is 11.5. The smallest absolute Gasteiger partial charge is 0.0540 e. The minimum atomic E-state index is 1.12. The van der Waals surface area contributed by atoms with Crippen LogP contribution in [0, 0.1) is 0 Å². The molecule has 0 aliphatic heterocycles. The summed E-state index contributed by atoms with van der Waals surface area (Å²) in [7, 11) is 0. The maximum Gasteiger partial charge on any atom is 0.0540 e. The molecule has 52 heavy (non-hydrogen) atoms. The van der Waals surface area contributed by atoms with Gasteiger partial charge >= 0.3 is 0 Å². The molecule has 0 N–H and O–H groups in total. The third kappa shape index (κ3) is 5.33. The molecular weight excluding hydrogens is 647 g/mol. The number of nitrogens with zero attached hydrogens (tertiary/aromatic N) is 1. The average Bonchev–Trinajstić information content (AvgIpc) is 3.57. The lowest BCUT2D eigenvalue weighted by Crippen LogP contribution is -2.12. The van der Waals surface area contributed by atoms with Crippen molar-refractivity contribution in [1.82, 2.24) is 0 Å². The van der Waals surface area contributed by atoms with E-state index in [0.29, 0.717) is 0 Å². The van der Waals surface area contributed by atoms with Crippen molar-refractivity contribution >= 4 is 70.1 Å². The van der Waals surface area contributed by atoms with E-state index in [1.807, 2.05) is 11.3 Å². The monoisotopic (exact) mass is 679 g/mol. The lowest BCUT2D eigenvalue weighted by atomic mass is 9.94. The molecule has 0 amide bonds. The first kappa shape index (κ1) is 30.4. The van der Waals surface area contributed by atoms with E-state index in [4.69, 9.17) is 0 Å². The molecule has 0 bridgehead atoms. The Morgan fingerprint density at radius 1 is 0.308 bits per heavy atom. The van der Waals surface area contributed by atoms with Gasteiger partial charge in [0.25, 0.3) is 0 Å². The lowest BCUT2D eigenvalue weighted by Gasteiger charge is -2.30. The van der Waals surface area contributed by atoms with Crippen molar-refractivity contribution in [1.29, 1.82) is 0 Å².